The van der Waals surface area contributed by atoms with Crippen molar-refractivity contribution in [1.82, 2.24) is 14.9 Å². The van der Waals surface area contributed by atoms with Crippen molar-refractivity contribution >= 4 is 62.4 Å². The largest absolute Gasteiger partial charge is 0.452 e. The summed E-state index contributed by atoms with van der Waals surface area (Å²) in [5.41, 5.74) is 4.28. The highest BCUT2D eigenvalue weighted by Gasteiger charge is 2.26. The summed E-state index contributed by atoms with van der Waals surface area (Å²) in [4.78, 5) is 37.0. The van der Waals surface area contributed by atoms with Gasteiger partial charge in [0, 0.05) is 52.1 Å². The maximum absolute atomic E-state index is 13.2. The predicted octanol–water partition coefficient (Wildman–Crippen LogP) is 5.45. The van der Waals surface area contributed by atoms with Crippen LogP contribution < -0.4 is 5.32 Å². The molecular weight excluding hydrogens is 507 g/mol. The summed E-state index contributed by atoms with van der Waals surface area (Å²) in [5.74, 6) is -1.02. The van der Waals surface area contributed by atoms with Crippen molar-refractivity contribution in [3.8, 4) is 11.3 Å². The first-order valence-corrected chi connectivity index (χ1v) is 12.5. The number of carbonyl (C=O) groups excluding carboxylic acids is 2. The molecule has 0 aliphatic carbocycles. The zero-order chi connectivity index (χ0) is 24.5. The van der Waals surface area contributed by atoms with Crippen molar-refractivity contribution in [2.45, 2.75) is 13.0 Å². The fourth-order valence-electron chi connectivity index (χ4n) is 4.07. The molecule has 1 aliphatic rings. The quantitative estimate of drug-likeness (QED) is 0.348. The van der Waals surface area contributed by atoms with E-state index in [-0.39, 0.29) is 0 Å². The summed E-state index contributed by atoms with van der Waals surface area (Å²) in [6.07, 6.45) is 0.751. The molecule has 178 valence electrons. The van der Waals surface area contributed by atoms with Gasteiger partial charge in [-0.3, -0.25) is 15.1 Å². The predicted molar refractivity (Wildman–Crippen MR) is 138 cm³/mol. The molecule has 1 amide bonds. The second kappa shape index (κ2) is 9.91. The number of thiazole rings is 1. The Balaban J connectivity index is 1.30. The number of nitrogens with zero attached hydrogens (tertiary/aromatic N) is 3. The highest BCUT2D eigenvalue weighted by atomic mass is 35.5. The van der Waals surface area contributed by atoms with Gasteiger partial charge in [0.1, 0.15) is 0 Å². The second-order valence-electron chi connectivity index (χ2n) is 8.20. The number of esters is 1. The minimum absolute atomic E-state index is 0.375. The van der Waals surface area contributed by atoms with Crippen LogP contribution in [0.15, 0.2) is 47.8 Å². The topological polar surface area (TPSA) is 84.4 Å². The number of ether oxygens (including phenoxy) is 1. The van der Waals surface area contributed by atoms with Crippen molar-refractivity contribution in [3.05, 3.63) is 74.7 Å². The van der Waals surface area contributed by atoms with E-state index in [0.29, 0.717) is 38.5 Å². The molecule has 0 fully saturated rings. The Labute approximate surface area is 215 Å². The van der Waals surface area contributed by atoms with Gasteiger partial charge in [-0.1, -0.05) is 41.4 Å². The van der Waals surface area contributed by atoms with Gasteiger partial charge in [-0.25, -0.2) is 9.78 Å². The van der Waals surface area contributed by atoms with E-state index in [0.717, 1.165) is 35.1 Å². The Hall–Kier alpha value is -3.04. The Morgan fingerprint density at radius 3 is 2.83 bits per heavy atom. The van der Waals surface area contributed by atoms with E-state index in [1.165, 1.54) is 11.3 Å². The van der Waals surface area contributed by atoms with Crippen molar-refractivity contribution in [1.29, 1.82) is 0 Å². The van der Waals surface area contributed by atoms with Crippen LogP contribution in [0.2, 0.25) is 10.0 Å². The molecule has 0 radical (unpaired) electrons. The number of halogens is 2. The number of anilines is 1. The molecule has 3 heterocycles. The van der Waals surface area contributed by atoms with E-state index < -0.39 is 18.5 Å². The summed E-state index contributed by atoms with van der Waals surface area (Å²) in [5, 5.41) is 6.55. The Bertz CT molecular complexity index is 1460. The fourth-order valence-corrected chi connectivity index (χ4v) is 5.30. The van der Waals surface area contributed by atoms with Crippen LogP contribution in [0.5, 0.6) is 0 Å². The molecule has 0 bridgehead atoms. The minimum atomic E-state index is -0.543. The fraction of sp³-hybridized carbons (Fsp3) is 0.200. The van der Waals surface area contributed by atoms with Gasteiger partial charge in [-0.2, -0.15) is 0 Å². The molecule has 1 aliphatic heterocycles. The lowest BCUT2D eigenvalue weighted by molar-refractivity contribution is -0.119. The van der Waals surface area contributed by atoms with Crippen LogP contribution >= 0.6 is 34.5 Å². The van der Waals surface area contributed by atoms with Gasteiger partial charge in [0.25, 0.3) is 5.91 Å². The number of hydrogen-bond donors (Lipinski definition) is 1. The average Bonchev–Trinajstić information content (AvgIpc) is 3.29. The molecule has 7 nitrogen and oxygen atoms in total. The van der Waals surface area contributed by atoms with Crippen molar-refractivity contribution < 1.29 is 14.3 Å². The van der Waals surface area contributed by atoms with E-state index in [1.54, 1.807) is 23.6 Å². The number of amides is 1. The Morgan fingerprint density at radius 2 is 2.00 bits per heavy atom. The van der Waals surface area contributed by atoms with Crippen molar-refractivity contribution in [2.24, 2.45) is 0 Å². The second-order valence-corrected chi connectivity index (χ2v) is 9.91. The van der Waals surface area contributed by atoms with Gasteiger partial charge in [0.05, 0.1) is 21.8 Å². The molecule has 2 aromatic heterocycles. The molecule has 0 atom stereocenters. The van der Waals surface area contributed by atoms with Gasteiger partial charge in [0.15, 0.2) is 11.7 Å². The number of nitrogens with one attached hydrogen (secondary N) is 1. The summed E-state index contributed by atoms with van der Waals surface area (Å²) in [6, 6.07) is 12.6. The molecule has 4 aromatic rings. The number of para-hydroxylation sites is 1. The Morgan fingerprint density at radius 1 is 1.17 bits per heavy atom. The maximum Gasteiger partial charge on any atom is 0.339 e. The van der Waals surface area contributed by atoms with E-state index in [9.17, 15) is 9.59 Å². The standard InChI is InChI=1S/C25H20Cl2N4O3S/c1-31-9-8-20-17(11-31)23(16-4-2-3-5-19(16)28-20)24(33)34-12-22(32)30-25-29-21(13-35-25)15-7-6-14(26)10-18(15)27/h2-7,10,13H,8-9,11-12H2,1H3,(H,29,30,32). The third kappa shape index (κ3) is 5.01. The van der Waals surface area contributed by atoms with Crippen LogP contribution in [0.3, 0.4) is 0 Å². The van der Waals surface area contributed by atoms with Gasteiger partial charge < -0.3 is 9.64 Å². The monoisotopic (exact) mass is 526 g/mol. The lowest BCUT2D eigenvalue weighted by atomic mass is 9.96. The SMILES string of the molecule is CN1CCc2nc3ccccc3c(C(=O)OCC(=O)Nc3nc(-c4ccc(Cl)cc4Cl)cs3)c2C1. The molecule has 2 aromatic carbocycles. The van der Waals surface area contributed by atoms with Crippen LogP contribution in [0, 0.1) is 0 Å². The zero-order valence-electron chi connectivity index (χ0n) is 18.7. The summed E-state index contributed by atoms with van der Waals surface area (Å²) in [6.45, 7) is 1.03. The first-order valence-electron chi connectivity index (χ1n) is 10.9. The van der Waals surface area contributed by atoms with Crippen LogP contribution in [-0.4, -0.2) is 46.9 Å². The molecule has 0 unspecified atom stereocenters. The van der Waals surface area contributed by atoms with Crippen LogP contribution in [-0.2, 0) is 22.5 Å². The zero-order valence-corrected chi connectivity index (χ0v) is 21.0. The van der Waals surface area contributed by atoms with Gasteiger partial charge in [0.2, 0.25) is 0 Å². The van der Waals surface area contributed by atoms with Crippen molar-refractivity contribution in [3.63, 3.8) is 0 Å². The maximum atomic E-state index is 13.2. The van der Waals surface area contributed by atoms with E-state index in [1.807, 2.05) is 31.3 Å². The minimum Gasteiger partial charge on any atom is -0.452 e. The van der Waals surface area contributed by atoms with E-state index in [2.05, 4.69) is 15.2 Å². The van der Waals surface area contributed by atoms with Crippen LogP contribution in [0.25, 0.3) is 22.2 Å². The van der Waals surface area contributed by atoms with Gasteiger partial charge in [-0.15, -0.1) is 11.3 Å². The number of aromatic nitrogens is 2. The lowest BCUT2D eigenvalue weighted by Gasteiger charge is -2.26. The van der Waals surface area contributed by atoms with Crippen molar-refractivity contribution in [2.75, 3.05) is 25.5 Å². The highest BCUT2D eigenvalue weighted by molar-refractivity contribution is 7.14. The third-order valence-corrected chi connectivity index (χ3v) is 7.04. The normalized spacial score (nSPS) is 13.5. The smallest absolute Gasteiger partial charge is 0.339 e. The van der Waals surface area contributed by atoms with Crippen LogP contribution in [0.1, 0.15) is 21.6 Å². The molecule has 0 saturated heterocycles. The van der Waals surface area contributed by atoms with Gasteiger partial charge in [-0.05, 0) is 31.3 Å². The summed E-state index contributed by atoms with van der Waals surface area (Å²) >= 11 is 13.5. The molecule has 5 rings (SSSR count). The van der Waals surface area contributed by atoms with E-state index in [4.69, 9.17) is 32.9 Å². The molecular formula is C25H20Cl2N4O3S. The average molecular weight is 527 g/mol. The Kier molecular flexibility index (Phi) is 6.71. The number of carbonyl (C=O) groups is 2. The number of benzene rings is 2. The first kappa shape index (κ1) is 23.7. The third-order valence-electron chi connectivity index (χ3n) is 5.73. The van der Waals surface area contributed by atoms with Gasteiger partial charge >= 0.3 is 5.97 Å². The number of pyridine rings is 1. The molecule has 10 heteroatoms. The molecule has 0 saturated carbocycles. The number of hydrogen-bond acceptors (Lipinski definition) is 7. The number of rotatable bonds is 5. The summed E-state index contributed by atoms with van der Waals surface area (Å²) in [7, 11) is 2.00. The highest BCUT2D eigenvalue weighted by Crippen LogP contribution is 2.32. The number of fused-ring (bicyclic) bond motifs is 2. The van der Waals surface area contributed by atoms with Crippen LogP contribution in [0.4, 0.5) is 5.13 Å². The summed E-state index contributed by atoms with van der Waals surface area (Å²) < 4.78 is 5.44. The molecule has 1 N–H and O–H groups in total. The van der Waals surface area contributed by atoms with E-state index >= 15 is 0 Å². The first-order chi connectivity index (χ1) is 16.9. The number of likely N-dealkylation sites (N-methyl/N-ethyl adjacent to an activating group) is 1. The lowest BCUT2D eigenvalue weighted by Crippen LogP contribution is -2.30. The molecule has 0 spiro atoms. The molecule has 35 heavy (non-hydrogen) atoms.